The zero-order chi connectivity index (χ0) is 14.9. The second kappa shape index (κ2) is 5.55. The molecule has 3 aromatic rings. The fourth-order valence-electron chi connectivity index (χ4n) is 2.21. The first-order valence-corrected chi connectivity index (χ1v) is 8.58. The number of aromatic nitrogens is 4. The van der Waals surface area contributed by atoms with Crippen molar-refractivity contribution in [1.29, 1.82) is 5.26 Å². The Bertz CT molecular complexity index is 843. The maximum atomic E-state index is 8.96. The number of nitrogens with zero attached hydrogens (tertiary/aromatic N) is 5. The van der Waals surface area contributed by atoms with Gasteiger partial charge in [0.2, 0.25) is 0 Å². The summed E-state index contributed by atoms with van der Waals surface area (Å²) in [5, 5.41) is 21.3. The highest BCUT2D eigenvalue weighted by atomic mass is 32.2. The van der Waals surface area contributed by atoms with E-state index in [1.165, 1.54) is 11.8 Å². The Morgan fingerprint density at radius 3 is 2.86 bits per heavy atom. The van der Waals surface area contributed by atoms with E-state index in [2.05, 4.69) is 31.9 Å². The van der Waals surface area contributed by atoms with Gasteiger partial charge in [0.25, 0.3) is 0 Å². The van der Waals surface area contributed by atoms with E-state index in [-0.39, 0.29) is 0 Å². The van der Waals surface area contributed by atoms with E-state index in [0.717, 1.165) is 33.7 Å². The lowest BCUT2D eigenvalue weighted by atomic mass is 10.4. The number of hydrogen-bond donors (Lipinski definition) is 0. The average molecular weight is 325 g/mol. The topological polar surface area (TPSA) is 67.4 Å². The molecule has 0 bridgehead atoms. The molecule has 5 nitrogen and oxygen atoms in total. The summed E-state index contributed by atoms with van der Waals surface area (Å²) in [7, 11) is 0. The number of pyridine rings is 1. The van der Waals surface area contributed by atoms with E-state index in [1.807, 2.05) is 23.6 Å². The monoisotopic (exact) mass is 325 g/mol. The molecular weight excluding hydrogens is 314 g/mol. The fraction of sp³-hybridized carbons (Fsp3) is 0.200. The van der Waals surface area contributed by atoms with Gasteiger partial charge in [0.05, 0.1) is 4.88 Å². The van der Waals surface area contributed by atoms with Crippen molar-refractivity contribution in [1.82, 2.24) is 19.7 Å². The molecule has 7 heteroatoms. The minimum absolute atomic E-state index is 0.418. The van der Waals surface area contributed by atoms with E-state index >= 15 is 0 Å². The predicted octanol–water partition coefficient (Wildman–Crippen LogP) is 3.76. The van der Waals surface area contributed by atoms with E-state index in [4.69, 9.17) is 5.26 Å². The van der Waals surface area contributed by atoms with Gasteiger partial charge in [-0.1, -0.05) is 12.1 Å². The van der Waals surface area contributed by atoms with Crippen molar-refractivity contribution in [2.75, 3.05) is 0 Å². The second-order valence-electron chi connectivity index (χ2n) is 4.96. The number of nitriles is 1. The van der Waals surface area contributed by atoms with Crippen molar-refractivity contribution in [2.45, 2.75) is 29.1 Å². The van der Waals surface area contributed by atoms with Crippen LogP contribution in [0.2, 0.25) is 0 Å². The van der Waals surface area contributed by atoms with Gasteiger partial charge in [-0.15, -0.1) is 21.5 Å². The summed E-state index contributed by atoms with van der Waals surface area (Å²) in [5.41, 5.74) is 0.418. The molecule has 3 heterocycles. The zero-order valence-corrected chi connectivity index (χ0v) is 13.1. The van der Waals surface area contributed by atoms with Crippen LogP contribution in [0, 0.1) is 11.3 Å². The van der Waals surface area contributed by atoms with Crippen molar-refractivity contribution in [3.8, 4) is 16.8 Å². The minimum atomic E-state index is 0.418. The molecule has 22 heavy (non-hydrogen) atoms. The van der Waals surface area contributed by atoms with Gasteiger partial charge >= 0.3 is 0 Å². The molecule has 0 saturated heterocycles. The molecule has 1 saturated carbocycles. The van der Waals surface area contributed by atoms with Crippen LogP contribution in [-0.2, 0) is 0 Å². The Balaban J connectivity index is 1.71. The molecule has 108 valence electrons. The summed E-state index contributed by atoms with van der Waals surface area (Å²) in [6.07, 6.45) is 2.32. The molecular formula is C15H11N5S2. The lowest BCUT2D eigenvalue weighted by Gasteiger charge is -2.07. The second-order valence-corrected chi connectivity index (χ2v) is 6.89. The van der Waals surface area contributed by atoms with Crippen LogP contribution >= 0.6 is 23.1 Å². The lowest BCUT2D eigenvalue weighted by molar-refractivity contribution is 0.669. The molecule has 0 N–H and O–H groups in total. The van der Waals surface area contributed by atoms with Crippen molar-refractivity contribution >= 4 is 23.1 Å². The summed E-state index contributed by atoms with van der Waals surface area (Å²) < 4.78 is 2.21. The third-order valence-electron chi connectivity index (χ3n) is 3.35. The normalized spacial score (nSPS) is 14.0. The molecule has 0 amide bonds. The quantitative estimate of drug-likeness (QED) is 0.730. The highest BCUT2D eigenvalue weighted by Crippen LogP contribution is 2.42. The fourth-order valence-corrected chi connectivity index (χ4v) is 3.81. The first kappa shape index (κ1) is 13.5. The molecule has 1 aliphatic rings. The van der Waals surface area contributed by atoms with Gasteiger partial charge in [0, 0.05) is 6.04 Å². The van der Waals surface area contributed by atoms with Crippen molar-refractivity contribution < 1.29 is 0 Å². The van der Waals surface area contributed by atoms with Gasteiger partial charge in [0.1, 0.15) is 16.8 Å². The third-order valence-corrected chi connectivity index (χ3v) is 5.12. The van der Waals surface area contributed by atoms with Crippen molar-refractivity contribution in [3.63, 3.8) is 0 Å². The predicted molar refractivity (Wildman–Crippen MR) is 84.7 cm³/mol. The first-order chi connectivity index (χ1) is 10.8. The van der Waals surface area contributed by atoms with Crippen LogP contribution in [0.3, 0.4) is 0 Å². The van der Waals surface area contributed by atoms with E-state index in [1.54, 1.807) is 17.4 Å². The molecule has 1 aliphatic carbocycles. The van der Waals surface area contributed by atoms with E-state index in [0.29, 0.717) is 11.7 Å². The SMILES string of the molecule is N#Cc1cccc(Sc2nnc(-c3cccs3)n2C2CC2)n1. The van der Waals surface area contributed by atoms with E-state index in [9.17, 15) is 0 Å². The average Bonchev–Trinajstić information content (AvgIpc) is 3.08. The Morgan fingerprint density at radius 1 is 1.23 bits per heavy atom. The third kappa shape index (κ3) is 2.51. The Morgan fingerprint density at radius 2 is 2.14 bits per heavy atom. The summed E-state index contributed by atoms with van der Waals surface area (Å²) in [4.78, 5) is 5.43. The Kier molecular flexibility index (Phi) is 3.41. The largest absolute Gasteiger partial charge is 0.298 e. The summed E-state index contributed by atoms with van der Waals surface area (Å²) >= 11 is 3.13. The van der Waals surface area contributed by atoms with Gasteiger partial charge in [-0.05, 0) is 48.2 Å². The first-order valence-electron chi connectivity index (χ1n) is 6.89. The Hall–Kier alpha value is -2.17. The van der Waals surface area contributed by atoms with Crippen LogP contribution in [0.25, 0.3) is 10.7 Å². The number of rotatable bonds is 4. The van der Waals surface area contributed by atoms with Crippen LogP contribution in [-0.4, -0.2) is 19.7 Å². The lowest BCUT2D eigenvalue weighted by Crippen LogP contribution is -1.99. The van der Waals surface area contributed by atoms with Crippen LogP contribution < -0.4 is 0 Å². The highest BCUT2D eigenvalue weighted by molar-refractivity contribution is 7.99. The van der Waals surface area contributed by atoms with Crippen LogP contribution in [0.5, 0.6) is 0 Å². The van der Waals surface area contributed by atoms with Crippen LogP contribution in [0.4, 0.5) is 0 Å². The van der Waals surface area contributed by atoms with Gasteiger partial charge in [0.15, 0.2) is 11.0 Å². The van der Waals surface area contributed by atoms with Gasteiger partial charge < -0.3 is 0 Å². The van der Waals surface area contributed by atoms with Gasteiger partial charge in [-0.3, -0.25) is 4.57 Å². The molecule has 0 unspecified atom stereocenters. The molecule has 0 spiro atoms. The van der Waals surface area contributed by atoms with Crippen LogP contribution in [0.1, 0.15) is 24.6 Å². The molecule has 0 aliphatic heterocycles. The Labute approximate surface area is 135 Å². The van der Waals surface area contributed by atoms with Crippen molar-refractivity contribution in [3.05, 3.63) is 41.4 Å². The van der Waals surface area contributed by atoms with Gasteiger partial charge in [-0.25, -0.2) is 4.98 Å². The summed E-state index contributed by atoms with van der Waals surface area (Å²) in [6, 6.07) is 12.1. The summed E-state index contributed by atoms with van der Waals surface area (Å²) in [5.74, 6) is 0.927. The van der Waals surface area contributed by atoms with E-state index < -0.39 is 0 Å². The molecule has 0 atom stereocenters. The van der Waals surface area contributed by atoms with Crippen LogP contribution in [0.15, 0.2) is 45.9 Å². The molecule has 1 fully saturated rings. The number of hydrogen-bond acceptors (Lipinski definition) is 6. The number of thiophene rings is 1. The zero-order valence-electron chi connectivity index (χ0n) is 11.5. The maximum absolute atomic E-state index is 8.96. The van der Waals surface area contributed by atoms with Crippen molar-refractivity contribution in [2.24, 2.45) is 0 Å². The molecule has 4 rings (SSSR count). The molecule has 0 aromatic carbocycles. The minimum Gasteiger partial charge on any atom is -0.298 e. The highest BCUT2D eigenvalue weighted by Gasteiger charge is 2.30. The maximum Gasteiger partial charge on any atom is 0.198 e. The molecule has 3 aromatic heterocycles. The van der Waals surface area contributed by atoms with Gasteiger partial charge in [-0.2, -0.15) is 5.26 Å². The standard InChI is InChI=1S/C15H11N5S2/c16-9-10-3-1-5-13(17-10)22-15-19-18-14(12-4-2-8-21-12)20(15)11-6-7-11/h1-5,8,11H,6-7H2. The summed E-state index contributed by atoms with van der Waals surface area (Å²) in [6.45, 7) is 0. The smallest absolute Gasteiger partial charge is 0.198 e. The molecule has 0 radical (unpaired) electrons.